The molecule has 3 aromatic carbocycles. The van der Waals surface area contributed by atoms with Gasteiger partial charge in [-0.25, -0.2) is 4.79 Å². The molecule has 3 rings (SSSR count). The van der Waals surface area contributed by atoms with E-state index in [2.05, 4.69) is 50.1 Å². The summed E-state index contributed by atoms with van der Waals surface area (Å²) in [5.41, 5.74) is 6.97. The predicted molar refractivity (Wildman–Crippen MR) is 136 cm³/mol. The molecule has 0 spiro atoms. The number of hydrogen-bond acceptors (Lipinski definition) is 4. The molecule has 0 aliphatic carbocycles. The standard InChI is InChI=1S/C29H29NO3/c1-7-29(31)33-28-13-9-11-25(18-28)30(26-15-21(4)14-22(5)16-26)24-10-8-12-27(17-24)32-19-23(6)20(2)3/h7-19H,1-2H2,3-6H3/b23-19+. The van der Waals surface area contributed by atoms with Crippen molar-refractivity contribution in [1.29, 1.82) is 0 Å². The number of benzene rings is 3. The van der Waals surface area contributed by atoms with Gasteiger partial charge in [-0.3, -0.25) is 0 Å². The van der Waals surface area contributed by atoms with Crippen molar-refractivity contribution in [3.05, 3.63) is 114 Å². The van der Waals surface area contributed by atoms with Crippen LogP contribution in [0.3, 0.4) is 0 Å². The summed E-state index contributed by atoms with van der Waals surface area (Å²) in [6.07, 6.45) is 2.85. The molecule has 0 radical (unpaired) electrons. The van der Waals surface area contributed by atoms with E-state index in [9.17, 15) is 4.79 Å². The van der Waals surface area contributed by atoms with Crippen LogP contribution in [-0.4, -0.2) is 5.97 Å². The highest BCUT2D eigenvalue weighted by Gasteiger charge is 2.15. The van der Waals surface area contributed by atoms with E-state index in [0.29, 0.717) is 11.5 Å². The molecule has 0 atom stereocenters. The van der Waals surface area contributed by atoms with E-state index in [1.807, 2.05) is 56.3 Å². The minimum absolute atomic E-state index is 0.444. The number of anilines is 3. The van der Waals surface area contributed by atoms with Gasteiger partial charge in [-0.05, 0) is 80.8 Å². The first-order valence-electron chi connectivity index (χ1n) is 10.7. The molecule has 168 valence electrons. The van der Waals surface area contributed by atoms with E-state index in [-0.39, 0.29) is 0 Å². The van der Waals surface area contributed by atoms with Crippen LogP contribution in [0.25, 0.3) is 0 Å². The summed E-state index contributed by atoms with van der Waals surface area (Å²) in [7, 11) is 0. The van der Waals surface area contributed by atoms with Crippen molar-refractivity contribution in [2.24, 2.45) is 0 Å². The number of carbonyl (C=O) groups excluding carboxylic acids is 1. The first kappa shape index (κ1) is 23.6. The van der Waals surface area contributed by atoms with E-state index in [4.69, 9.17) is 9.47 Å². The van der Waals surface area contributed by atoms with Crippen molar-refractivity contribution < 1.29 is 14.3 Å². The largest absolute Gasteiger partial charge is 0.465 e. The summed E-state index contributed by atoms with van der Waals surface area (Å²) >= 11 is 0. The van der Waals surface area contributed by atoms with E-state index < -0.39 is 5.97 Å². The Kier molecular flexibility index (Phi) is 7.52. The second-order valence-electron chi connectivity index (χ2n) is 8.00. The number of nitrogens with zero attached hydrogens (tertiary/aromatic N) is 1. The average molecular weight is 440 g/mol. The zero-order chi connectivity index (χ0) is 24.0. The molecule has 0 N–H and O–H groups in total. The monoisotopic (exact) mass is 439 g/mol. The number of allylic oxidation sites excluding steroid dienone is 2. The van der Waals surface area contributed by atoms with Crippen molar-refractivity contribution in [3.8, 4) is 11.5 Å². The third-order valence-corrected chi connectivity index (χ3v) is 5.05. The highest BCUT2D eigenvalue weighted by Crippen LogP contribution is 2.38. The molecular weight excluding hydrogens is 410 g/mol. The normalized spacial score (nSPS) is 11.0. The van der Waals surface area contributed by atoms with Gasteiger partial charge in [0.2, 0.25) is 0 Å². The molecule has 0 amide bonds. The number of ether oxygens (including phenoxy) is 2. The summed E-state index contributed by atoms with van der Waals surface area (Å²) in [6, 6.07) is 21.6. The third kappa shape index (κ3) is 6.23. The van der Waals surface area contributed by atoms with Crippen LogP contribution in [0, 0.1) is 13.8 Å². The van der Waals surface area contributed by atoms with Gasteiger partial charge in [0.15, 0.2) is 0 Å². The Balaban J connectivity index is 2.09. The van der Waals surface area contributed by atoms with Crippen molar-refractivity contribution >= 4 is 23.0 Å². The lowest BCUT2D eigenvalue weighted by atomic mass is 10.1. The Labute approximate surface area is 196 Å². The molecule has 33 heavy (non-hydrogen) atoms. The van der Waals surface area contributed by atoms with E-state index in [1.54, 1.807) is 12.3 Å². The van der Waals surface area contributed by atoms with E-state index >= 15 is 0 Å². The molecule has 0 unspecified atom stereocenters. The molecule has 0 aromatic heterocycles. The summed E-state index contributed by atoms with van der Waals surface area (Å²) in [6.45, 7) is 15.5. The smallest absolute Gasteiger partial charge is 0.335 e. The zero-order valence-corrected chi connectivity index (χ0v) is 19.6. The van der Waals surface area contributed by atoms with Crippen LogP contribution in [0.1, 0.15) is 25.0 Å². The SMILES string of the molecule is C=CC(=O)Oc1cccc(N(c2cc(C)cc(C)c2)c2cccc(O/C=C(\C)C(=C)C)c2)c1. The molecular formula is C29H29NO3. The third-order valence-electron chi connectivity index (χ3n) is 5.05. The van der Waals surface area contributed by atoms with Gasteiger partial charge in [0, 0.05) is 35.3 Å². The van der Waals surface area contributed by atoms with Gasteiger partial charge in [-0.2, -0.15) is 0 Å². The molecule has 4 heteroatoms. The van der Waals surface area contributed by atoms with Crippen molar-refractivity contribution in [3.63, 3.8) is 0 Å². The van der Waals surface area contributed by atoms with Crippen molar-refractivity contribution in [1.82, 2.24) is 0 Å². The summed E-state index contributed by atoms with van der Waals surface area (Å²) in [5.74, 6) is 0.649. The topological polar surface area (TPSA) is 38.8 Å². The molecule has 0 aliphatic rings. The Morgan fingerprint density at radius 3 is 2.00 bits per heavy atom. The fourth-order valence-corrected chi connectivity index (χ4v) is 3.32. The molecule has 0 fully saturated rings. The van der Waals surface area contributed by atoms with Crippen LogP contribution in [0.5, 0.6) is 11.5 Å². The van der Waals surface area contributed by atoms with Gasteiger partial charge >= 0.3 is 5.97 Å². The van der Waals surface area contributed by atoms with E-state index in [0.717, 1.165) is 45.4 Å². The van der Waals surface area contributed by atoms with Crippen molar-refractivity contribution in [2.45, 2.75) is 27.7 Å². The van der Waals surface area contributed by atoms with Crippen LogP contribution < -0.4 is 14.4 Å². The van der Waals surface area contributed by atoms with Crippen LogP contribution in [0.2, 0.25) is 0 Å². The molecule has 0 aliphatic heterocycles. The minimum atomic E-state index is -0.500. The van der Waals surface area contributed by atoms with Gasteiger partial charge in [0.25, 0.3) is 0 Å². The van der Waals surface area contributed by atoms with Crippen LogP contribution in [0.4, 0.5) is 17.1 Å². The van der Waals surface area contributed by atoms with Gasteiger partial charge in [0.05, 0.1) is 6.26 Å². The fourth-order valence-electron chi connectivity index (χ4n) is 3.32. The molecule has 3 aromatic rings. The van der Waals surface area contributed by atoms with Crippen LogP contribution in [-0.2, 0) is 4.79 Å². The second kappa shape index (κ2) is 10.5. The van der Waals surface area contributed by atoms with Gasteiger partial charge in [-0.15, -0.1) is 0 Å². The Bertz CT molecular complexity index is 1200. The molecule has 0 heterocycles. The lowest BCUT2D eigenvalue weighted by Gasteiger charge is -2.27. The Morgan fingerprint density at radius 1 is 0.848 bits per heavy atom. The number of esters is 1. The highest BCUT2D eigenvalue weighted by molar-refractivity contribution is 5.84. The quantitative estimate of drug-likeness (QED) is 0.118. The second-order valence-corrected chi connectivity index (χ2v) is 8.00. The first-order valence-corrected chi connectivity index (χ1v) is 10.7. The molecule has 4 nitrogen and oxygen atoms in total. The lowest BCUT2D eigenvalue weighted by Crippen LogP contribution is -2.11. The maximum Gasteiger partial charge on any atom is 0.335 e. The number of rotatable bonds is 8. The van der Waals surface area contributed by atoms with Crippen LogP contribution >= 0.6 is 0 Å². The predicted octanol–water partition coefficient (Wildman–Crippen LogP) is 7.72. The summed E-state index contributed by atoms with van der Waals surface area (Å²) in [5, 5.41) is 0. The summed E-state index contributed by atoms with van der Waals surface area (Å²) < 4.78 is 11.3. The molecule has 0 saturated heterocycles. The fraction of sp³-hybridized carbons (Fsp3) is 0.138. The maximum absolute atomic E-state index is 11.7. The minimum Gasteiger partial charge on any atom is -0.465 e. The van der Waals surface area contributed by atoms with E-state index in [1.165, 1.54) is 0 Å². The maximum atomic E-state index is 11.7. The van der Waals surface area contributed by atoms with Crippen molar-refractivity contribution in [2.75, 3.05) is 4.90 Å². The lowest BCUT2D eigenvalue weighted by molar-refractivity contribution is -0.128. The zero-order valence-electron chi connectivity index (χ0n) is 19.6. The number of hydrogen-bond donors (Lipinski definition) is 0. The Morgan fingerprint density at radius 2 is 1.42 bits per heavy atom. The first-order chi connectivity index (χ1) is 15.8. The Hall–Kier alpha value is -4.05. The molecule has 0 bridgehead atoms. The number of aryl methyl sites for hydroxylation is 2. The van der Waals surface area contributed by atoms with Crippen LogP contribution in [0.15, 0.2) is 103 Å². The van der Waals surface area contributed by atoms with Gasteiger partial charge in [0.1, 0.15) is 11.5 Å². The molecule has 0 saturated carbocycles. The van der Waals surface area contributed by atoms with Gasteiger partial charge in [-0.1, -0.05) is 36.9 Å². The van der Waals surface area contributed by atoms with Gasteiger partial charge < -0.3 is 14.4 Å². The summed E-state index contributed by atoms with van der Waals surface area (Å²) in [4.78, 5) is 13.8. The highest BCUT2D eigenvalue weighted by atomic mass is 16.5. The average Bonchev–Trinajstić information content (AvgIpc) is 2.77. The number of carbonyl (C=O) groups is 1.